The lowest BCUT2D eigenvalue weighted by molar-refractivity contribution is -0.138. The van der Waals surface area contributed by atoms with Crippen molar-refractivity contribution in [2.45, 2.75) is 45.5 Å². The number of imidazole rings is 1. The van der Waals surface area contributed by atoms with Gasteiger partial charge in [0.05, 0.1) is 23.5 Å². The fraction of sp³-hybridized carbons (Fsp3) is 0.419. The maximum atomic E-state index is 13.8. The molecule has 2 aromatic carbocycles. The van der Waals surface area contributed by atoms with E-state index < -0.39 is 17.7 Å². The maximum absolute atomic E-state index is 13.8. The molecule has 1 atom stereocenters. The molecule has 1 aromatic heterocycles. The molecular weight excluding hydrogens is 577 g/mol. The smallest absolute Gasteiger partial charge is 0.382 e. The number of alkyl halides is 3. The van der Waals surface area contributed by atoms with Crippen LogP contribution in [0.4, 0.5) is 13.2 Å². The fourth-order valence-corrected chi connectivity index (χ4v) is 4.89. The number of thiocarbonyl (C=S) groups is 1. The molecule has 0 aliphatic heterocycles. The van der Waals surface area contributed by atoms with Gasteiger partial charge in [-0.15, -0.1) is 0 Å². The van der Waals surface area contributed by atoms with Crippen LogP contribution in [0.25, 0.3) is 0 Å². The normalized spacial score (nSPS) is 12.0. The quantitative estimate of drug-likeness (QED) is 0.177. The Morgan fingerprint density at radius 2 is 1.98 bits per heavy atom. The number of nitrogens with two attached hydrogens (primary N) is 1. The molecule has 0 radical (unpaired) electrons. The zero-order chi connectivity index (χ0) is 31.2. The zero-order valence-corrected chi connectivity index (χ0v) is 25.0. The van der Waals surface area contributed by atoms with Crippen molar-refractivity contribution in [1.29, 1.82) is 5.26 Å². The summed E-state index contributed by atoms with van der Waals surface area (Å²) in [6.45, 7) is 4.13. The number of nitriles is 1. The third-order valence-electron chi connectivity index (χ3n) is 6.92. The molecular formula is C31H37F3N6O2S. The van der Waals surface area contributed by atoms with Crippen molar-refractivity contribution >= 4 is 23.1 Å². The van der Waals surface area contributed by atoms with E-state index in [0.29, 0.717) is 50.4 Å². The number of hydrogen-bond acceptors (Lipinski definition) is 6. The first-order valence-electron chi connectivity index (χ1n) is 14.1. The molecule has 0 amide bonds. The van der Waals surface area contributed by atoms with Crippen LogP contribution in [0.15, 0.2) is 61.1 Å². The Morgan fingerprint density at radius 1 is 1.23 bits per heavy atom. The Morgan fingerprint density at radius 3 is 2.65 bits per heavy atom. The van der Waals surface area contributed by atoms with E-state index in [1.165, 1.54) is 12.1 Å². The maximum Gasteiger partial charge on any atom is 0.416 e. The number of aromatic nitrogens is 2. The minimum absolute atomic E-state index is 0.0629. The molecule has 0 aliphatic rings. The van der Waals surface area contributed by atoms with Crippen molar-refractivity contribution in [2.24, 2.45) is 11.7 Å². The van der Waals surface area contributed by atoms with Gasteiger partial charge in [-0.25, -0.2) is 4.98 Å². The first-order valence-corrected chi connectivity index (χ1v) is 14.5. The number of halogens is 3. The lowest BCUT2D eigenvalue weighted by atomic mass is 9.95. The molecule has 0 aliphatic carbocycles. The van der Waals surface area contributed by atoms with Crippen LogP contribution in [0, 0.1) is 17.2 Å². The summed E-state index contributed by atoms with van der Waals surface area (Å²) in [5, 5.41) is 12.4. The van der Waals surface area contributed by atoms with Gasteiger partial charge in [-0.1, -0.05) is 30.3 Å². The number of ether oxygens (including phenoxy) is 1. The second-order valence-corrected chi connectivity index (χ2v) is 10.4. The molecule has 0 saturated carbocycles. The Balaban J connectivity index is 1.78. The average Bonchev–Trinajstić information content (AvgIpc) is 3.42. The lowest BCUT2D eigenvalue weighted by Gasteiger charge is -2.30. The van der Waals surface area contributed by atoms with Gasteiger partial charge in [0.2, 0.25) is 0 Å². The first kappa shape index (κ1) is 33.7. The summed E-state index contributed by atoms with van der Waals surface area (Å²) in [7, 11) is 0. The second kappa shape index (κ2) is 16.7. The van der Waals surface area contributed by atoms with Crippen LogP contribution in [0.1, 0.15) is 47.7 Å². The van der Waals surface area contributed by atoms with Crippen LogP contribution in [0.2, 0.25) is 0 Å². The van der Waals surface area contributed by atoms with Crippen molar-refractivity contribution in [1.82, 2.24) is 19.8 Å². The third-order valence-corrected chi connectivity index (χ3v) is 7.32. The predicted molar refractivity (Wildman–Crippen MR) is 162 cm³/mol. The molecule has 0 spiro atoms. The molecule has 8 nitrogen and oxygen atoms in total. The molecule has 230 valence electrons. The SMILES string of the molecule is CCOCCCNC(=S)N(Cc1ccccc1C(F)(F)F)C[C@H](CCN)C(=O)Cc1cncn1Cc1ccc(C#N)cc1. The number of rotatable bonds is 16. The molecule has 3 N–H and O–H groups in total. The Kier molecular flexibility index (Phi) is 13.1. The van der Waals surface area contributed by atoms with Crippen LogP contribution in [0.5, 0.6) is 0 Å². The first-order chi connectivity index (χ1) is 20.7. The molecule has 12 heteroatoms. The summed E-state index contributed by atoms with van der Waals surface area (Å²) in [4.78, 5) is 19.5. The highest BCUT2D eigenvalue weighted by molar-refractivity contribution is 7.80. The van der Waals surface area contributed by atoms with E-state index in [0.717, 1.165) is 11.6 Å². The van der Waals surface area contributed by atoms with Gasteiger partial charge < -0.3 is 25.3 Å². The summed E-state index contributed by atoms with van der Waals surface area (Å²) in [5.41, 5.74) is 7.40. The molecule has 0 saturated heterocycles. The van der Waals surface area contributed by atoms with Gasteiger partial charge in [-0.2, -0.15) is 18.4 Å². The van der Waals surface area contributed by atoms with Gasteiger partial charge >= 0.3 is 6.18 Å². The van der Waals surface area contributed by atoms with Gasteiger partial charge in [-0.3, -0.25) is 4.79 Å². The summed E-state index contributed by atoms with van der Waals surface area (Å²) in [5.74, 6) is -0.690. The highest BCUT2D eigenvalue weighted by Crippen LogP contribution is 2.32. The van der Waals surface area contributed by atoms with E-state index in [-0.39, 0.29) is 42.5 Å². The molecule has 43 heavy (non-hydrogen) atoms. The predicted octanol–water partition coefficient (Wildman–Crippen LogP) is 4.70. The molecule has 3 rings (SSSR count). The molecule has 0 unspecified atom stereocenters. The van der Waals surface area contributed by atoms with Crippen LogP contribution in [0.3, 0.4) is 0 Å². The van der Waals surface area contributed by atoms with E-state index in [1.807, 2.05) is 23.6 Å². The number of benzene rings is 2. The number of carbonyl (C=O) groups is 1. The monoisotopic (exact) mass is 614 g/mol. The number of hydrogen-bond donors (Lipinski definition) is 2. The van der Waals surface area contributed by atoms with E-state index in [9.17, 15) is 18.0 Å². The fourth-order valence-electron chi connectivity index (χ4n) is 4.65. The van der Waals surface area contributed by atoms with Crippen molar-refractivity contribution in [3.05, 3.63) is 89.0 Å². The Bertz CT molecular complexity index is 1370. The van der Waals surface area contributed by atoms with Gasteiger partial charge in [0.1, 0.15) is 5.78 Å². The Hall–Kier alpha value is -3.79. The summed E-state index contributed by atoms with van der Waals surface area (Å²) >= 11 is 5.62. The zero-order valence-electron chi connectivity index (χ0n) is 24.1. The highest BCUT2D eigenvalue weighted by Gasteiger charge is 2.34. The topological polar surface area (TPSA) is 109 Å². The minimum atomic E-state index is -4.53. The standard InChI is InChI=1S/C31H37F3N6O2S/c1-2-42-15-5-14-38-30(43)39(20-25-6-3-4-7-28(25)31(32,33)34)21-26(12-13-35)29(41)16-27-18-37-22-40(27)19-24-10-8-23(17-36)9-11-24/h3-4,6-11,18,22,26H,2,5,12-16,19-21,35H2,1H3,(H,38,43)/t26-/m0/s1. The minimum Gasteiger partial charge on any atom is -0.382 e. The van der Waals surface area contributed by atoms with Gasteiger partial charge in [-0.05, 0) is 67.9 Å². The van der Waals surface area contributed by atoms with Crippen molar-refractivity contribution in [3.63, 3.8) is 0 Å². The van der Waals surface area contributed by atoms with E-state index in [4.69, 9.17) is 28.0 Å². The number of ketones is 1. The Labute approximate surface area is 255 Å². The number of nitrogens with one attached hydrogen (secondary N) is 1. The van der Waals surface area contributed by atoms with E-state index in [2.05, 4.69) is 16.4 Å². The molecule has 3 aromatic rings. The van der Waals surface area contributed by atoms with E-state index >= 15 is 0 Å². The molecule has 0 bridgehead atoms. The van der Waals surface area contributed by atoms with Gasteiger partial charge in [0, 0.05) is 63.6 Å². The number of Topliss-reactive ketones (excluding diaryl/α,β-unsaturated/α-hetero) is 1. The summed E-state index contributed by atoms with van der Waals surface area (Å²) < 4.78 is 48.6. The van der Waals surface area contributed by atoms with Crippen molar-refractivity contribution < 1.29 is 22.7 Å². The lowest BCUT2D eigenvalue weighted by Crippen LogP contribution is -2.44. The van der Waals surface area contributed by atoms with Crippen LogP contribution in [-0.2, 0) is 35.2 Å². The van der Waals surface area contributed by atoms with E-state index in [1.54, 1.807) is 35.6 Å². The van der Waals surface area contributed by atoms with Crippen molar-refractivity contribution in [3.8, 4) is 6.07 Å². The average molecular weight is 615 g/mol. The van der Waals surface area contributed by atoms with Crippen LogP contribution in [-0.4, -0.2) is 58.2 Å². The largest absolute Gasteiger partial charge is 0.416 e. The summed E-state index contributed by atoms with van der Waals surface area (Å²) in [6.07, 6.45) is -0.192. The molecule has 0 fully saturated rings. The van der Waals surface area contributed by atoms with Crippen LogP contribution >= 0.6 is 12.2 Å². The second-order valence-electron chi connectivity index (χ2n) is 10.1. The van der Waals surface area contributed by atoms with Crippen molar-refractivity contribution in [2.75, 3.05) is 32.8 Å². The molecule has 1 heterocycles. The van der Waals surface area contributed by atoms with Gasteiger partial charge in [0.15, 0.2) is 5.11 Å². The van der Waals surface area contributed by atoms with Crippen LogP contribution < -0.4 is 11.1 Å². The number of carbonyl (C=O) groups excluding carboxylic acids is 1. The third kappa shape index (κ3) is 10.5. The van der Waals surface area contributed by atoms with Gasteiger partial charge in [0.25, 0.3) is 0 Å². The summed E-state index contributed by atoms with van der Waals surface area (Å²) in [6, 6.07) is 14.6. The number of nitrogens with zero attached hydrogens (tertiary/aromatic N) is 4. The highest BCUT2D eigenvalue weighted by atomic mass is 32.1.